The van der Waals surface area contributed by atoms with Gasteiger partial charge in [0.2, 0.25) is 5.95 Å². The number of morpholine rings is 1. The fourth-order valence-corrected chi connectivity index (χ4v) is 3.81. The van der Waals surface area contributed by atoms with E-state index in [0.29, 0.717) is 49.8 Å². The Labute approximate surface area is 203 Å². The van der Waals surface area contributed by atoms with Crippen LogP contribution in [0.25, 0.3) is 11.3 Å². The molecule has 180 valence electrons. The first-order chi connectivity index (χ1) is 17.1. The monoisotopic (exact) mass is 473 g/mol. The van der Waals surface area contributed by atoms with Crippen molar-refractivity contribution >= 4 is 35.3 Å². The molecular weight excluding hydrogens is 446 g/mol. The summed E-state index contributed by atoms with van der Waals surface area (Å²) in [4.78, 5) is 27.5. The molecule has 1 saturated carbocycles. The molecule has 3 aromatic rings. The summed E-state index contributed by atoms with van der Waals surface area (Å²) in [5.41, 5.74) is 4.32. The minimum absolute atomic E-state index is 0.231. The molecule has 3 heterocycles. The van der Waals surface area contributed by atoms with Gasteiger partial charge in [-0.15, -0.1) is 0 Å². The van der Waals surface area contributed by atoms with Gasteiger partial charge in [-0.05, 0) is 37.1 Å². The van der Waals surface area contributed by atoms with Crippen LogP contribution >= 0.6 is 0 Å². The SMILES string of the molecule is COC(=O)c1ccc(Nc2cc(-c3ccc(NC4CC4)c(C=N)c3)nc(N3CCOCC3)n2)cn1. The van der Waals surface area contributed by atoms with Crippen LogP contribution in [0, 0.1) is 5.41 Å². The van der Waals surface area contributed by atoms with E-state index >= 15 is 0 Å². The molecular formula is C25H27N7O3. The van der Waals surface area contributed by atoms with Crippen LogP contribution in [0.15, 0.2) is 42.6 Å². The predicted octanol–water partition coefficient (Wildman–Crippen LogP) is 3.48. The van der Waals surface area contributed by atoms with Gasteiger partial charge in [-0.3, -0.25) is 0 Å². The predicted molar refractivity (Wildman–Crippen MR) is 134 cm³/mol. The Kier molecular flexibility index (Phi) is 6.53. The first-order valence-corrected chi connectivity index (χ1v) is 11.6. The second-order valence-corrected chi connectivity index (χ2v) is 8.45. The smallest absolute Gasteiger partial charge is 0.356 e. The van der Waals surface area contributed by atoms with Crippen molar-refractivity contribution in [3.8, 4) is 11.3 Å². The van der Waals surface area contributed by atoms with E-state index in [1.54, 1.807) is 18.3 Å². The number of nitrogens with one attached hydrogen (secondary N) is 3. The summed E-state index contributed by atoms with van der Waals surface area (Å²) in [5.74, 6) is 0.710. The summed E-state index contributed by atoms with van der Waals surface area (Å²) >= 11 is 0. The molecule has 5 rings (SSSR count). The van der Waals surface area contributed by atoms with Crippen molar-refractivity contribution in [1.29, 1.82) is 5.41 Å². The topological polar surface area (TPSA) is 125 Å². The Bertz CT molecular complexity index is 1220. The molecule has 0 atom stereocenters. The number of carbonyl (C=O) groups excluding carboxylic acids is 1. The summed E-state index contributed by atoms with van der Waals surface area (Å²) in [6.07, 6.45) is 5.26. The number of hydrogen-bond donors (Lipinski definition) is 3. The fraction of sp³-hybridized carbons (Fsp3) is 0.320. The molecule has 0 radical (unpaired) electrons. The van der Waals surface area contributed by atoms with E-state index in [0.717, 1.165) is 22.5 Å². The van der Waals surface area contributed by atoms with Gasteiger partial charge >= 0.3 is 5.97 Å². The van der Waals surface area contributed by atoms with Crippen molar-refractivity contribution in [1.82, 2.24) is 15.0 Å². The van der Waals surface area contributed by atoms with Crippen LogP contribution in [0.4, 0.5) is 23.1 Å². The zero-order valence-electron chi connectivity index (χ0n) is 19.5. The number of anilines is 4. The van der Waals surface area contributed by atoms with E-state index < -0.39 is 5.97 Å². The van der Waals surface area contributed by atoms with Crippen molar-refractivity contribution in [2.45, 2.75) is 18.9 Å². The standard InChI is InChI=1S/C25H27N7O3/c1-34-24(33)21-7-5-19(15-27-21)29-23-13-22(30-25(31-23)32-8-10-35-11-9-32)16-2-6-20(17(12-16)14-26)28-18-3-4-18/h2,5-7,12-15,18,26,28H,3-4,8-11H2,1H3,(H,29,30,31). The van der Waals surface area contributed by atoms with E-state index in [1.807, 2.05) is 24.3 Å². The van der Waals surface area contributed by atoms with Crippen molar-refractivity contribution in [3.63, 3.8) is 0 Å². The maximum atomic E-state index is 11.7. The average Bonchev–Trinajstić information content (AvgIpc) is 3.73. The normalized spacial score (nSPS) is 15.4. The van der Waals surface area contributed by atoms with Crippen molar-refractivity contribution in [2.24, 2.45) is 0 Å². The van der Waals surface area contributed by atoms with E-state index in [-0.39, 0.29) is 5.69 Å². The maximum Gasteiger partial charge on any atom is 0.356 e. The number of aromatic nitrogens is 3. The number of nitrogens with zero attached hydrogens (tertiary/aromatic N) is 4. The molecule has 10 heteroatoms. The molecule has 0 spiro atoms. The van der Waals surface area contributed by atoms with Gasteiger partial charge in [-0.2, -0.15) is 4.98 Å². The van der Waals surface area contributed by atoms with Crippen LogP contribution in [-0.4, -0.2) is 66.6 Å². The van der Waals surface area contributed by atoms with E-state index in [9.17, 15) is 4.79 Å². The van der Waals surface area contributed by atoms with Crippen LogP contribution in [0.1, 0.15) is 28.9 Å². The first kappa shape index (κ1) is 22.7. The Balaban J connectivity index is 1.47. The Hall–Kier alpha value is -4.05. The summed E-state index contributed by atoms with van der Waals surface area (Å²) in [7, 11) is 1.32. The molecule has 1 aliphatic carbocycles. The minimum atomic E-state index is -0.489. The molecule has 0 unspecified atom stereocenters. The van der Waals surface area contributed by atoms with Crippen LogP contribution < -0.4 is 15.5 Å². The van der Waals surface area contributed by atoms with Crippen LogP contribution in [0.5, 0.6) is 0 Å². The van der Waals surface area contributed by atoms with Gasteiger partial charge in [0.1, 0.15) is 11.5 Å². The molecule has 2 aliphatic rings. The fourth-order valence-electron chi connectivity index (χ4n) is 3.81. The third kappa shape index (κ3) is 5.38. The third-order valence-corrected chi connectivity index (χ3v) is 5.88. The highest BCUT2D eigenvalue weighted by molar-refractivity contribution is 5.89. The second kappa shape index (κ2) is 10.1. The van der Waals surface area contributed by atoms with Crippen molar-refractivity contribution in [2.75, 3.05) is 48.9 Å². The number of esters is 1. The largest absolute Gasteiger partial charge is 0.464 e. The lowest BCUT2D eigenvalue weighted by atomic mass is 10.1. The molecule has 10 nitrogen and oxygen atoms in total. The van der Waals surface area contributed by atoms with E-state index in [4.69, 9.17) is 24.9 Å². The van der Waals surface area contributed by atoms with Crippen molar-refractivity contribution in [3.05, 3.63) is 53.9 Å². The molecule has 1 aliphatic heterocycles. The average molecular weight is 474 g/mol. The van der Waals surface area contributed by atoms with Crippen LogP contribution in [0.2, 0.25) is 0 Å². The molecule has 3 N–H and O–H groups in total. The Morgan fingerprint density at radius 1 is 1.17 bits per heavy atom. The quantitative estimate of drug-likeness (QED) is 0.333. The summed E-state index contributed by atoms with van der Waals surface area (Å²) in [6, 6.07) is 11.7. The summed E-state index contributed by atoms with van der Waals surface area (Å²) < 4.78 is 10.2. The zero-order chi connectivity index (χ0) is 24.2. The highest BCUT2D eigenvalue weighted by Crippen LogP contribution is 2.31. The van der Waals surface area contributed by atoms with Crippen LogP contribution in [0.3, 0.4) is 0 Å². The van der Waals surface area contributed by atoms with Gasteiger partial charge in [0.05, 0.1) is 37.9 Å². The lowest BCUT2D eigenvalue weighted by Crippen LogP contribution is -2.37. The molecule has 2 fully saturated rings. The van der Waals surface area contributed by atoms with Gasteiger partial charge < -0.3 is 30.4 Å². The molecule has 0 bridgehead atoms. The van der Waals surface area contributed by atoms with Crippen molar-refractivity contribution < 1.29 is 14.3 Å². The van der Waals surface area contributed by atoms with Gasteiger partial charge in [0.25, 0.3) is 0 Å². The molecule has 35 heavy (non-hydrogen) atoms. The van der Waals surface area contributed by atoms with E-state index in [2.05, 4.69) is 20.5 Å². The number of benzene rings is 1. The number of pyridine rings is 1. The highest BCUT2D eigenvalue weighted by Gasteiger charge is 2.22. The van der Waals surface area contributed by atoms with E-state index in [1.165, 1.54) is 26.2 Å². The van der Waals surface area contributed by atoms with Gasteiger partial charge in [0.15, 0.2) is 0 Å². The number of rotatable bonds is 8. The lowest BCUT2D eigenvalue weighted by Gasteiger charge is -2.27. The number of ether oxygens (including phenoxy) is 2. The molecule has 1 saturated heterocycles. The lowest BCUT2D eigenvalue weighted by molar-refractivity contribution is 0.0594. The maximum absolute atomic E-state index is 11.7. The number of methoxy groups -OCH3 is 1. The first-order valence-electron chi connectivity index (χ1n) is 11.6. The van der Waals surface area contributed by atoms with Gasteiger partial charge in [-0.25, -0.2) is 14.8 Å². The zero-order valence-corrected chi connectivity index (χ0v) is 19.5. The summed E-state index contributed by atoms with van der Waals surface area (Å²) in [6.45, 7) is 2.64. The molecule has 1 aromatic carbocycles. The second-order valence-electron chi connectivity index (χ2n) is 8.45. The molecule has 0 amide bonds. The third-order valence-electron chi connectivity index (χ3n) is 5.88. The Morgan fingerprint density at radius 3 is 2.69 bits per heavy atom. The van der Waals surface area contributed by atoms with Crippen LogP contribution in [-0.2, 0) is 9.47 Å². The van der Waals surface area contributed by atoms with Gasteiger partial charge in [-0.1, -0.05) is 6.07 Å². The number of hydrogen-bond acceptors (Lipinski definition) is 10. The molecule has 2 aromatic heterocycles. The number of carbonyl (C=O) groups is 1. The minimum Gasteiger partial charge on any atom is -0.464 e. The summed E-state index contributed by atoms with van der Waals surface area (Å²) in [5, 5.41) is 14.6. The Morgan fingerprint density at radius 2 is 2.00 bits per heavy atom. The van der Waals surface area contributed by atoms with Gasteiger partial charge in [0, 0.05) is 48.2 Å². The highest BCUT2D eigenvalue weighted by atomic mass is 16.5.